The van der Waals surface area contributed by atoms with Crippen LogP contribution in [0.5, 0.6) is 0 Å². The zero-order valence-corrected chi connectivity index (χ0v) is 11.3. The Hall–Kier alpha value is -2.30. The zero-order chi connectivity index (χ0) is 13.4. The van der Waals surface area contributed by atoms with Gasteiger partial charge in [-0.25, -0.2) is 4.98 Å². The molecule has 102 valence electrons. The van der Waals surface area contributed by atoms with E-state index in [4.69, 9.17) is 0 Å². The van der Waals surface area contributed by atoms with E-state index in [1.165, 1.54) is 16.8 Å². The summed E-state index contributed by atoms with van der Waals surface area (Å²) in [5.41, 5.74) is 5.10. The van der Waals surface area contributed by atoms with Crippen LogP contribution in [0.25, 0.3) is 0 Å². The van der Waals surface area contributed by atoms with Gasteiger partial charge in [0.1, 0.15) is 5.84 Å². The van der Waals surface area contributed by atoms with Gasteiger partial charge in [-0.1, -0.05) is 12.1 Å². The number of benzene rings is 1. The Balaban J connectivity index is 1.64. The molecular formula is C15H17N5. The number of hydrogen-bond acceptors (Lipinski definition) is 4. The standard InChI is InChI=1S/C15H17N5/c1-2-12(15-17-4-5-18-15)7-14-11(1)3-6-20(14)9-13-8-16-10-19-13/h1-2,7-8,10H,3-6,9H2,(H,16,19)(H,17,18). The van der Waals surface area contributed by atoms with Gasteiger partial charge in [0.2, 0.25) is 0 Å². The summed E-state index contributed by atoms with van der Waals surface area (Å²) in [6.45, 7) is 3.78. The second-order valence-electron chi connectivity index (χ2n) is 5.25. The van der Waals surface area contributed by atoms with Gasteiger partial charge < -0.3 is 15.2 Å². The molecule has 0 aliphatic carbocycles. The van der Waals surface area contributed by atoms with Gasteiger partial charge in [0.05, 0.1) is 25.1 Å². The average Bonchev–Trinajstić information content (AvgIpc) is 3.20. The fourth-order valence-electron chi connectivity index (χ4n) is 2.93. The number of H-pyrrole nitrogens is 1. The third-order valence-corrected chi connectivity index (χ3v) is 3.94. The molecule has 2 aliphatic rings. The highest BCUT2D eigenvalue weighted by Gasteiger charge is 2.21. The number of nitrogens with one attached hydrogen (secondary N) is 2. The van der Waals surface area contributed by atoms with E-state index >= 15 is 0 Å². The normalized spacial score (nSPS) is 17.0. The predicted octanol–water partition coefficient (Wildman–Crippen LogP) is 1.32. The summed E-state index contributed by atoms with van der Waals surface area (Å²) in [4.78, 5) is 14.2. The van der Waals surface area contributed by atoms with Crippen molar-refractivity contribution in [1.82, 2.24) is 15.3 Å². The summed E-state index contributed by atoms with van der Waals surface area (Å²) in [6.07, 6.45) is 4.74. The first kappa shape index (κ1) is 11.5. The van der Waals surface area contributed by atoms with Crippen molar-refractivity contribution in [1.29, 1.82) is 0 Å². The van der Waals surface area contributed by atoms with Gasteiger partial charge >= 0.3 is 0 Å². The van der Waals surface area contributed by atoms with Gasteiger partial charge in [0.25, 0.3) is 0 Å². The van der Waals surface area contributed by atoms with E-state index in [1.54, 1.807) is 6.33 Å². The van der Waals surface area contributed by atoms with E-state index in [1.807, 2.05) is 6.20 Å². The van der Waals surface area contributed by atoms with Crippen LogP contribution in [0.15, 0.2) is 35.7 Å². The fourth-order valence-corrected chi connectivity index (χ4v) is 2.93. The highest BCUT2D eigenvalue weighted by Crippen LogP contribution is 2.30. The molecular weight excluding hydrogens is 250 g/mol. The largest absolute Gasteiger partial charge is 0.368 e. The van der Waals surface area contributed by atoms with Crippen LogP contribution in [0.1, 0.15) is 16.8 Å². The van der Waals surface area contributed by atoms with Gasteiger partial charge in [-0.05, 0) is 18.1 Å². The maximum Gasteiger partial charge on any atom is 0.128 e. The lowest BCUT2D eigenvalue weighted by molar-refractivity contribution is 0.819. The second-order valence-corrected chi connectivity index (χ2v) is 5.25. The molecule has 0 radical (unpaired) electrons. The van der Waals surface area contributed by atoms with Gasteiger partial charge in [-0.3, -0.25) is 4.99 Å². The smallest absolute Gasteiger partial charge is 0.128 e. The molecule has 2 aromatic rings. The van der Waals surface area contributed by atoms with E-state index in [-0.39, 0.29) is 0 Å². The van der Waals surface area contributed by atoms with Gasteiger partial charge in [-0.2, -0.15) is 0 Å². The summed E-state index contributed by atoms with van der Waals surface area (Å²) in [6, 6.07) is 6.67. The number of aromatic nitrogens is 2. The van der Waals surface area contributed by atoms with Crippen LogP contribution < -0.4 is 10.2 Å². The number of fused-ring (bicyclic) bond motifs is 1. The first-order valence-electron chi connectivity index (χ1n) is 7.04. The molecule has 0 spiro atoms. The number of anilines is 1. The van der Waals surface area contributed by atoms with Gasteiger partial charge in [0.15, 0.2) is 0 Å². The molecule has 1 aromatic carbocycles. The van der Waals surface area contributed by atoms with Gasteiger partial charge in [0, 0.05) is 30.5 Å². The number of rotatable bonds is 3. The molecule has 20 heavy (non-hydrogen) atoms. The second kappa shape index (κ2) is 4.67. The monoisotopic (exact) mass is 267 g/mol. The Morgan fingerprint density at radius 3 is 3.10 bits per heavy atom. The van der Waals surface area contributed by atoms with E-state index in [2.05, 4.69) is 43.4 Å². The predicted molar refractivity (Wildman–Crippen MR) is 79.2 cm³/mol. The minimum Gasteiger partial charge on any atom is -0.368 e. The number of aromatic amines is 1. The molecule has 5 heteroatoms. The molecule has 2 aliphatic heterocycles. The molecule has 1 aromatic heterocycles. The molecule has 4 rings (SSSR count). The topological polar surface area (TPSA) is 56.3 Å². The first-order chi connectivity index (χ1) is 9.90. The van der Waals surface area contributed by atoms with Crippen LogP contribution in [0.3, 0.4) is 0 Å². The van der Waals surface area contributed by atoms with Crippen LogP contribution in [0.4, 0.5) is 5.69 Å². The number of hydrogen-bond donors (Lipinski definition) is 2. The SMILES string of the molecule is c1ncc(CN2CCc3ccc(C4=NCCN4)cc32)[nH]1. The Kier molecular flexibility index (Phi) is 2.69. The molecule has 0 saturated heterocycles. The quantitative estimate of drug-likeness (QED) is 0.882. The number of amidine groups is 1. The molecule has 2 N–H and O–H groups in total. The zero-order valence-electron chi connectivity index (χ0n) is 11.3. The van der Waals surface area contributed by atoms with Crippen molar-refractivity contribution in [3.05, 3.63) is 47.5 Å². The molecule has 0 unspecified atom stereocenters. The van der Waals surface area contributed by atoms with Crippen LogP contribution in [0.2, 0.25) is 0 Å². The minimum absolute atomic E-state index is 0.879. The van der Waals surface area contributed by atoms with Crippen molar-refractivity contribution in [3.8, 4) is 0 Å². The first-order valence-corrected chi connectivity index (χ1v) is 7.04. The van der Waals surface area contributed by atoms with Gasteiger partial charge in [-0.15, -0.1) is 0 Å². The van der Waals surface area contributed by atoms with Crippen molar-refractivity contribution in [2.75, 3.05) is 24.5 Å². The highest BCUT2D eigenvalue weighted by atomic mass is 15.2. The summed E-state index contributed by atoms with van der Waals surface area (Å²) in [7, 11) is 0. The maximum absolute atomic E-state index is 4.50. The van der Waals surface area contributed by atoms with Crippen LogP contribution in [0, 0.1) is 0 Å². The lowest BCUT2D eigenvalue weighted by atomic mass is 10.1. The van der Waals surface area contributed by atoms with Crippen molar-refractivity contribution in [2.24, 2.45) is 4.99 Å². The Morgan fingerprint density at radius 2 is 2.30 bits per heavy atom. The van der Waals surface area contributed by atoms with Crippen molar-refractivity contribution >= 4 is 11.5 Å². The Bertz CT molecular complexity index is 644. The lowest BCUT2D eigenvalue weighted by Gasteiger charge is -2.19. The summed E-state index contributed by atoms with van der Waals surface area (Å²) >= 11 is 0. The summed E-state index contributed by atoms with van der Waals surface area (Å²) in [5.74, 6) is 1.03. The van der Waals surface area contributed by atoms with E-state index in [9.17, 15) is 0 Å². The summed E-state index contributed by atoms with van der Waals surface area (Å²) in [5, 5.41) is 3.34. The Morgan fingerprint density at radius 1 is 1.30 bits per heavy atom. The number of aliphatic imine (C=N–C) groups is 1. The molecule has 0 amide bonds. The molecule has 0 saturated carbocycles. The number of imidazole rings is 1. The fraction of sp³-hybridized carbons (Fsp3) is 0.333. The van der Waals surface area contributed by atoms with E-state index in [0.717, 1.165) is 44.1 Å². The van der Waals surface area contributed by atoms with E-state index in [0.29, 0.717) is 0 Å². The third-order valence-electron chi connectivity index (χ3n) is 3.94. The molecule has 5 nitrogen and oxygen atoms in total. The van der Waals surface area contributed by atoms with E-state index < -0.39 is 0 Å². The minimum atomic E-state index is 0.879. The third kappa shape index (κ3) is 1.95. The van der Waals surface area contributed by atoms with Crippen molar-refractivity contribution in [3.63, 3.8) is 0 Å². The van der Waals surface area contributed by atoms with Crippen LogP contribution in [-0.4, -0.2) is 35.4 Å². The molecule has 0 bridgehead atoms. The van der Waals surface area contributed by atoms with Crippen LogP contribution in [-0.2, 0) is 13.0 Å². The summed E-state index contributed by atoms with van der Waals surface area (Å²) < 4.78 is 0. The van der Waals surface area contributed by atoms with Crippen molar-refractivity contribution in [2.45, 2.75) is 13.0 Å². The molecule has 0 fully saturated rings. The van der Waals surface area contributed by atoms with Crippen LogP contribution >= 0.6 is 0 Å². The number of nitrogens with zero attached hydrogens (tertiary/aromatic N) is 3. The highest BCUT2D eigenvalue weighted by molar-refractivity contribution is 6.00. The molecule has 0 atom stereocenters. The lowest BCUT2D eigenvalue weighted by Crippen LogP contribution is -2.22. The average molecular weight is 267 g/mol. The molecule has 3 heterocycles. The maximum atomic E-state index is 4.50. The van der Waals surface area contributed by atoms with Crippen molar-refractivity contribution < 1.29 is 0 Å². The Labute approximate surface area is 117 Å².